The molecule has 0 aromatic carbocycles. The lowest BCUT2D eigenvalue weighted by atomic mass is 10.3. The van der Waals surface area contributed by atoms with Crippen LogP contribution in [0.2, 0.25) is 0 Å². The summed E-state index contributed by atoms with van der Waals surface area (Å²) in [5.74, 6) is -0.0510. The molecule has 0 nitrogen and oxygen atoms in total. The highest BCUT2D eigenvalue weighted by Crippen LogP contribution is 2.04. The van der Waals surface area contributed by atoms with E-state index in [9.17, 15) is 4.39 Å². The smallest absolute Gasteiger partial charge is 0.0960 e. The fourth-order valence-corrected chi connectivity index (χ4v) is 0.384. The normalized spacial score (nSPS) is 11.5. The summed E-state index contributed by atoms with van der Waals surface area (Å²) in [5, 5.41) is 0. The molecule has 0 radical (unpaired) electrons. The van der Waals surface area contributed by atoms with E-state index in [2.05, 4.69) is 6.58 Å². The molecule has 0 saturated heterocycles. The summed E-state index contributed by atoms with van der Waals surface area (Å²) < 4.78 is 12.1. The molecule has 0 rings (SSSR count). The van der Waals surface area contributed by atoms with E-state index in [1.807, 2.05) is 0 Å². The fraction of sp³-hybridized carbons (Fsp3) is 0.429. The third-order valence-corrected chi connectivity index (χ3v) is 0.901. The first-order chi connectivity index (χ1) is 3.81. The summed E-state index contributed by atoms with van der Waals surface area (Å²) in [6.45, 7) is 5.17. The highest BCUT2D eigenvalue weighted by atomic mass is 19.1. The Morgan fingerprint density at radius 3 is 2.75 bits per heavy atom. The number of hydrogen-bond acceptors (Lipinski definition) is 0. The second kappa shape index (κ2) is 4.57. The van der Waals surface area contributed by atoms with Gasteiger partial charge in [0.15, 0.2) is 0 Å². The Bertz CT molecular complexity index is 92.6. The molecule has 0 aliphatic carbocycles. The molecule has 0 atom stereocenters. The predicted molar refractivity (Wildman–Crippen MR) is 34.3 cm³/mol. The Labute approximate surface area is 49.7 Å². The molecule has 0 heterocycles. The van der Waals surface area contributed by atoms with Gasteiger partial charge in [-0.1, -0.05) is 12.2 Å². The minimum Gasteiger partial charge on any atom is -0.212 e. The Morgan fingerprint density at radius 2 is 2.38 bits per heavy atom. The maximum absolute atomic E-state index is 12.1. The maximum Gasteiger partial charge on any atom is 0.0960 e. The van der Waals surface area contributed by atoms with Gasteiger partial charge in [0.2, 0.25) is 0 Å². The highest BCUT2D eigenvalue weighted by Gasteiger charge is 1.86. The molecule has 0 aromatic rings. The van der Waals surface area contributed by atoms with Crippen LogP contribution in [0.3, 0.4) is 0 Å². The van der Waals surface area contributed by atoms with Crippen LogP contribution >= 0.6 is 0 Å². The van der Waals surface area contributed by atoms with Gasteiger partial charge in [0.25, 0.3) is 0 Å². The lowest BCUT2D eigenvalue weighted by Gasteiger charge is -1.87. The van der Waals surface area contributed by atoms with Gasteiger partial charge in [-0.15, -0.1) is 6.58 Å². The van der Waals surface area contributed by atoms with E-state index in [0.29, 0.717) is 6.42 Å². The van der Waals surface area contributed by atoms with Crippen LogP contribution in [-0.2, 0) is 0 Å². The maximum atomic E-state index is 12.1. The van der Waals surface area contributed by atoms with Crippen molar-refractivity contribution in [3.05, 3.63) is 24.6 Å². The van der Waals surface area contributed by atoms with E-state index < -0.39 is 0 Å². The summed E-state index contributed by atoms with van der Waals surface area (Å²) in [4.78, 5) is 0. The van der Waals surface area contributed by atoms with E-state index in [0.717, 1.165) is 6.42 Å². The minimum atomic E-state index is -0.0510. The van der Waals surface area contributed by atoms with Gasteiger partial charge in [0.05, 0.1) is 5.83 Å². The number of halogens is 1. The second-order valence-corrected chi connectivity index (χ2v) is 1.56. The van der Waals surface area contributed by atoms with E-state index in [1.54, 1.807) is 13.0 Å². The number of rotatable bonds is 3. The van der Waals surface area contributed by atoms with Gasteiger partial charge in [-0.2, -0.15) is 0 Å². The molecular weight excluding hydrogens is 103 g/mol. The van der Waals surface area contributed by atoms with E-state index >= 15 is 0 Å². The van der Waals surface area contributed by atoms with Gasteiger partial charge < -0.3 is 0 Å². The second-order valence-electron chi connectivity index (χ2n) is 1.56. The molecular formula is C7H11F. The molecule has 0 fully saturated rings. The molecule has 0 aromatic heterocycles. The largest absolute Gasteiger partial charge is 0.212 e. The minimum absolute atomic E-state index is 0.0510. The van der Waals surface area contributed by atoms with Crippen LogP contribution in [-0.4, -0.2) is 0 Å². The Balaban J connectivity index is 3.24. The van der Waals surface area contributed by atoms with E-state index in [-0.39, 0.29) is 5.83 Å². The molecule has 1 heteroatoms. The zero-order valence-corrected chi connectivity index (χ0v) is 5.15. The zero-order chi connectivity index (χ0) is 6.41. The highest BCUT2D eigenvalue weighted by molar-refractivity contribution is 4.90. The average Bonchev–Trinajstić information content (AvgIpc) is 1.83. The molecule has 0 unspecified atom stereocenters. The van der Waals surface area contributed by atoms with Crippen molar-refractivity contribution in [2.24, 2.45) is 0 Å². The number of allylic oxidation sites excluding steroid dienone is 3. The predicted octanol–water partition coefficient (Wildman–Crippen LogP) is 2.83. The summed E-state index contributed by atoms with van der Waals surface area (Å²) in [6.07, 6.45) is 4.42. The van der Waals surface area contributed by atoms with Crippen molar-refractivity contribution in [2.75, 3.05) is 0 Å². The van der Waals surface area contributed by atoms with Crippen LogP contribution < -0.4 is 0 Å². The SMILES string of the molecule is C=CCC/C(F)=C/C. The van der Waals surface area contributed by atoms with Crippen molar-refractivity contribution in [3.63, 3.8) is 0 Å². The molecule has 8 heavy (non-hydrogen) atoms. The number of hydrogen-bond donors (Lipinski definition) is 0. The van der Waals surface area contributed by atoms with Gasteiger partial charge in [-0.05, 0) is 13.3 Å². The van der Waals surface area contributed by atoms with Gasteiger partial charge >= 0.3 is 0 Å². The summed E-state index contributed by atoms with van der Waals surface area (Å²) >= 11 is 0. The van der Waals surface area contributed by atoms with Crippen LogP contribution in [0.4, 0.5) is 4.39 Å². The summed E-state index contributed by atoms with van der Waals surface area (Å²) in [7, 11) is 0. The van der Waals surface area contributed by atoms with Crippen LogP contribution in [0.15, 0.2) is 24.6 Å². The molecule has 0 spiro atoms. The lowest BCUT2D eigenvalue weighted by Crippen LogP contribution is -1.69. The van der Waals surface area contributed by atoms with Crippen LogP contribution in [0, 0.1) is 0 Å². The first kappa shape index (κ1) is 7.41. The molecule has 0 amide bonds. The van der Waals surface area contributed by atoms with Crippen molar-refractivity contribution >= 4 is 0 Å². The zero-order valence-electron chi connectivity index (χ0n) is 5.15. The van der Waals surface area contributed by atoms with Crippen molar-refractivity contribution < 1.29 is 4.39 Å². The quantitative estimate of drug-likeness (QED) is 0.495. The first-order valence-electron chi connectivity index (χ1n) is 2.73. The summed E-state index contributed by atoms with van der Waals surface area (Å²) in [5.41, 5.74) is 0. The molecule has 46 valence electrons. The van der Waals surface area contributed by atoms with Crippen LogP contribution in [0.5, 0.6) is 0 Å². The van der Waals surface area contributed by atoms with E-state index in [4.69, 9.17) is 0 Å². The Hall–Kier alpha value is -0.590. The van der Waals surface area contributed by atoms with Crippen molar-refractivity contribution in [3.8, 4) is 0 Å². The molecule has 0 saturated carbocycles. The molecule has 0 aliphatic heterocycles. The first-order valence-corrected chi connectivity index (χ1v) is 2.73. The average molecular weight is 114 g/mol. The Kier molecular flexibility index (Phi) is 4.23. The standard InChI is InChI=1S/C7H11F/c1-3-5-6-7(8)4-2/h3-4H,1,5-6H2,2H3/b7-4-. The van der Waals surface area contributed by atoms with Crippen molar-refractivity contribution in [1.82, 2.24) is 0 Å². The van der Waals surface area contributed by atoms with Gasteiger partial charge in [0.1, 0.15) is 0 Å². The monoisotopic (exact) mass is 114 g/mol. The van der Waals surface area contributed by atoms with Crippen LogP contribution in [0.25, 0.3) is 0 Å². The van der Waals surface area contributed by atoms with Crippen molar-refractivity contribution in [2.45, 2.75) is 19.8 Å². The van der Waals surface area contributed by atoms with Gasteiger partial charge in [-0.3, -0.25) is 0 Å². The van der Waals surface area contributed by atoms with Crippen LogP contribution in [0.1, 0.15) is 19.8 Å². The third-order valence-electron chi connectivity index (χ3n) is 0.901. The topological polar surface area (TPSA) is 0 Å². The lowest BCUT2D eigenvalue weighted by molar-refractivity contribution is 0.590. The molecule has 0 bridgehead atoms. The molecule has 0 aliphatic rings. The molecule has 0 N–H and O–H groups in total. The van der Waals surface area contributed by atoms with Gasteiger partial charge in [-0.25, -0.2) is 4.39 Å². The van der Waals surface area contributed by atoms with Gasteiger partial charge in [0, 0.05) is 6.42 Å². The third kappa shape index (κ3) is 3.59. The van der Waals surface area contributed by atoms with Crippen molar-refractivity contribution in [1.29, 1.82) is 0 Å². The fourth-order valence-electron chi connectivity index (χ4n) is 0.384. The Morgan fingerprint density at radius 1 is 1.75 bits per heavy atom. The van der Waals surface area contributed by atoms with E-state index in [1.165, 1.54) is 6.08 Å². The summed E-state index contributed by atoms with van der Waals surface area (Å²) in [6, 6.07) is 0.